The van der Waals surface area contributed by atoms with E-state index < -0.39 is 6.09 Å². The molecule has 3 fully saturated rings. The Morgan fingerprint density at radius 3 is 2.54 bits per heavy atom. The fraction of sp³-hybridized carbons (Fsp3) is 0.526. The first kappa shape index (κ1) is 16.9. The summed E-state index contributed by atoms with van der Waals surface area (Å²) in [6, 6.07) is 7.73. The van der Waals surface area contributed by atoms with E-state index in [0.717, 1.165) is 24.3 Å². The summed E-state index contributed by atoms with van der Waals surface area (Å²) in [5, 5.41) is 2.67. The zero-order valence-electron chi connectivity index (χ0n) is 14.9. The molecular formula is C19H22N4O3. The number of amides is 2. The van der Waals surface area contributed by atoms with Crippen molar-refractivity contribution in [1.82, 2.24) is 10.2 Å². The molecule has 0 aromatic heterocycles. The number of hydrogen-bond donors (Lipinski definition) is 1. The number of benzene rings is 1. The minimum atomic E-state index is -0.405. The molecule has 1 aromatic carbocycles. The lowest BCUT2D eigenvalue weighted by Gasteiger charge is -2.17. The van der Waals surface area contributed by atoms with E-state index in [2.05, 4.69) is 22.1 Å². The van der Waals surface area contributed by atoms with Gasteiger partial charge in [0, 0.05) is 31.3 Å². The van der Waals surface area contributed by atoms with E-state index in [9.17, 15) is 9.59 Å². The predicted molar refractivity (Wildman–Crippen MR) is 95.5 cm³/mol. The number of ether oxygens (including phenoxy) is 1. The van der Waals surface area contributed by atoms with Crippen LogP contribution in [-0.2, 0) is 15.1 Å². The monoisotopic (exact) mass is 354 g/mol. The van der Waals surface area contributed by atoms with Gasteiger partial charge in [-0.15, -0.1) is 0 Å². The third-order valence-electron chi connectivity index (χ3n) is 5.80. The van der Waals surface area contributed by atoms with Crippen LogP contribution in [0.25, 0.3) is 4.85 Å². The molecule has 7 nitrogen and oxygen atoms in total. The second-order valence-electron chi connectivity index (χ2n) is 7.47. The first-order chi connectivity index (χ1) is 12.5. The van der Waals surface area contributed by atoms with Gasteiger partial charge < -0.3 is 19.8 Å². The van der Waals surface area contributed by atoms with Crippen molar-refractivity contribution in [2.45, 2.75) is 18.6 Å². The van der Waals surface area contributed by atoms with Crippen molar-refractivity contribution in [3.63, 3.8) is 0 Å². The molecule has 26 heavy (non-hydrogen) atoms. The van der Waals surface area contributed by atoms with Gasteiger partial charge >= 0.3 is 6.09 Å². The highest BCUT2D eigenvalue weighted by Crippen LogP contribution is 2.64. The van der Waals surface area contributed by atoms with Crippen LogP contribution in [0.1, 0.15) is 12.5 Å². The molecule has 1 aromatic rings. The van der Waals surface area contributed by atoms with Crippen molar-refractivity contribution in [2.24, 2.45) is 11.8 Å². The third-order valence-corrected chi connectivity index (χ3v) is 5.80. The number of rotatable bonds is 4. The van der Waals surface area contributed by atoms with E-state index in [-0.39, 0.29) is 17.6 Å². The number of fused-ring (bicyclic) bond motifs is 1. The smallest absolute Gasteiger partial charge is 0.414 e. The maximum atomic E-state index is 12.1. The van der Waals surface area contributed by atoms with Crippen LogP contribution < -0.4 is 10.2 Å². The van der Waals surface area contributed by atoms with Crippen LogP contribution >= 0.6 is 0 Å². The second kappa shape index (κ2) is 5.99. The standard InChI is InChI=1S/C19H22N4O3/c1-12(24)21-8-15-9-23(18(25)26-15)14-6-4-13(5-7-14)19(20-2)16-10-22(3)11-17(16)19/h4-7,15-17H,8-11H2,1,3H3,(H,21,24)/t15-,16-,17+,19?/m0/s1. The zero-order valence-corrected chi connectivity index (χ0v) is 14.9. The first-order valence-electron chi connectivity index (χ1n) is 8.86. The van der Waals surface area contributed by atoms with Crippen LogP contribution in [0.3, 0.4) is 0 Å². The number of anilines is 1. The Morgan fingerprint density at radius 1 is 1.31 bits per heavy atom. The molecule has 2 aliphatic heterocycles. The summed E-state index contributed by atoms with van der Waals surface area (Å²) < 4.78 is 5.30. The molecule has 4 rings (SSSR count). The van der Waals surface area contributed by atoms with Crippen LogP contribution in [0, 0.1) is 18.4 Å². The Kier molecular flexibility index (Phi) is 3.88. The molecule has 1 N–H and O–H groups in total. The average Bonchev–Trinajstić information content (AvgIpc) is 2.90. The van der Waals surface area contributed by atoms with Crippen LogP contribution in [0.2, 0.25) is 0 Å². The predicted octanol–water partition coefficient (Wildman–Crippen LogP) is 1.45. The molecule has 4 atom stereocenters. The fourth-order valence-electron chi connectivity index (χ4n) is 4.46. The summed E-state index contributed by atoms with van der Waals surface area (Å²) in [6.45, 7) is 11.8. The molecule has 2 saturated heterocycles. The second-order valence-corrected chi connectivity index (χ2v) is 7.47. The first-order valence-corrected chi connectivity index (χ1v) is 8.86. The van der Waals surface area contributed by atoms with Crippen LogP contribution in [0.15, 0.2) is 24.3 Å². The summed E-state index contributed by atoms with van der Waals surface area (Å²) >= 11 is 0. The van der Waals surface area contributed by atoms with Crippen molar-refractivity contribution >= 4 is 17.7 Å². The van der Waals surface area contributed by atoms with Gasteiger partial charge in [-0.1, -0.05) is 0 Å². The Labute approximate surface area is 152 Å². The van der Waals surface area contributed by atoms with Gasteiger partial charge in [-0.05, 0) is 31.3 Å². The maximum Gasteiger partial charge on any atom is 0.414 e. The topological polar surface area (TPSA) is 66.2 Å². The summed E-state index contributed by atoms with van der Waals surface area (Å²) in [5.74, 6) is 0.679. The average molecular weight is 354 g/mol. The minimum Gasteiger partial charge on any atom is -0.442 e. The zero-order chi connectivity index (χ0) is 18.5. The molecule has 0 spiro atoms. The van der Waals surface area contributed by atoms with Gasteiger partial charge in [0.2, 0.25) is 5.91 Å². The van der Waals surface area contributed by atoms with Gasteiger partial charge in [-0.25, -0.2) is 11.4 Å². The lowest BCUT2D eigenvalue weighted by Crippen LogP contribution is -2.33. The van der Waals surface area contributed by atoms with Gasteiger partial charge in [0.1, 0.15) is 6.10 Å². The number of carbonyl (C=O) groups is 2. The van der Waals surface area contributed by atoms with Crippen molar-refractivity contribution in [2.75, 3.05) is 38.1 Å². The lowest BCUT2D eigenvalue weighted by atomic mass is 9.99. The number of nitrogens with zero attached hydrogens (tertiary/aromatic N) is 3. The van der Waals surface area contributed by atoms with E-state index in [4.69, 9.17) is 11.3 Å². The molecule has 1 aliphatic carbocycles. The third kappa shape index (κ3) is 2.53. The molecule has 0 radical (unpaired) electrons. The molecule has 2 heterocycles. The van der Waals surface area contributed by atoms with E-state index in [1.165, 1.54) is 6.92 Å². The number of carbonyl (C=O) groups excluding carboxylic acids is 2. The van der Waals surface area contributed by atoms with Crippen molar-refractivity contribution in [3.05, 3.63) is 41.2 Å². The quantitative estimate of drug-likeness (QED) is 0.832. The number of likely N-dealkylation sites (tertiary alicyclic amines) is 1. The lowest BCUT2D eigenvalue weighted by molar-refractivity contribution is -0.119. The van der Waals surface area contributed by atoms with Crippen LogP contribution in [-0.4, -0.2) is 56.2 Å². The minimum absolute atomic E-state index is 0.145. The number of piperidine rings is 1. The van der Waals surface area contributed by atoms with Crippen molar-refractivity contribution in [3.8, 4) is 0 Å². The summed E-state index contributed by atoms with van der Waals surface area (Å²) in [7, 11) is 2.10. The summed E-state index contributed by atoms with van der Waals surface area (Å²) in [4.78, 5) is 31.0. The highest BCUT2D eigenvalue weighted by molar-refractivity contribution is 5.89. The Bertz CT molecular complexity index is 773. The number of hydrogen-bond acceptors (Lipinski definition) is 4. The normalized spacial score (nSPS) is 32.7. The van der Waals surface area contributed by atoms with Gasteiger partial charge in [-0.3, -0.25) is 9.69 Å². The van der Waals surface area contributed by atoms with Gasteiger partial charge in [0.25, 0.3) is 5.54 Å². The Balaban J connectivity index is 1.46. The molecule has 136 valence electrons. The molecule has 3 aliphatic rings. The number of nitrogens with one attached hydrogen (secondary N) is 1. The molecular weight excluding hydrogens is 332 g/mol. The Morgan fingerprint density at radius 2 is 1.96 bits per heavy atom. The van der Waals surface area contributed by atoms with Crippen LogP contribution in [0.5, 0.6) is 0 Å². The molecule has 2 amide bonds. The summed E-state index contributed by atoms with van der Waals surface area (Å²) in [5.41, 5.74) is 1.42. The maximum absolute atomic E-state index is 12.1. The van der Waals surface area contributed by atoms with E-state index in [1.807, 2.05) is 24.3 Å². The highest BCUT2D eigenvalue weighted by Gasteiger charge is 2.76. The van der Waals surface area contributed by atoms with E-state index in [1.54, 1.807) is 4.90 Å². The van der Waals surface area contributed by atoms with E-state index in [0.29, 0.717) is 24.9 Å². The number of cyclic esters (lactones) is 1. The fourth-order valence-corrected chi connectivity index (χ4v) is 4.46. The van der Waals surface area contributed by atoms with Gasteiger partial charge in [-0.2, -0.15) is 0 Å². The largest absolute Gasteiger partial charge is 0.442 e. The van der Waals surface area contributed by atoms with Crippen molar-refractivity contribution in [1.29, 1.82) is 0 Å². The summed E-state index contributed by atoms with van der Waals surface area (Å²) in [6.07, 6.45) is -0.753. The highest BCUT2D eigenvalue weighted by atomic mass is 16.6. The molecule has 0 bridgehead atoms. The SMILES string of the molecule is [C-]#[N+]C1(c2ccc(N3C[C@H](CNC(C)=O)OC3=O)cc2)[C@@H]2CN(C)C[C@@H]21. The van der Waals surface area contributed by atoms with Gasteiger partial charge in [0.05, 0.1) is 24.9 Å². The Hall–Kier alpha value is -2.59. The molecule has 7 heteroatoms. The van der Waals surface area contributed by atoms with Crippen molar-refractivity contribution < 1.29 is 14.3 Å². The molecule has 1 unspecified atom stereocenters. The molecule has 1 saturated carbocycles. The van der Waals surface area contributed by atoms with Crippen LogP contribution in [0.4, 0.5) is 10.5 Å². The van der Waals surface area contributed by atoms with E-state index >= 15 is 0 Å². The van der Waals surface area contributed by atoms with Gasteiger partial charge in [0.15, 0.2) is 0 Å².